The fourth-order valence-electron chi connectivity index (χ4n) is 1.79. The van der Waals surface area contributed by atoms with Gasteiger partial charge in [0.1, 0.15) is 0 Å². The SMILES string of the molecule is C/C=C(\C)C(=O)OC(C)(C=O)CC(=O)OC(C)(C)OC(=O)C(C)CSC. The molecule has 0 amide bonds. The van der Waals surface area contributed by atoms with Crippen molar-refractivity contribution in [3.05, 3.63) is 11.6 Å². The van der Waals surface area contributed by atoms with Crippen LogP contribution in [0.3, 0.4) is 0 Å². The second-order valence-electron chi connectivity index (χ2n) is 6.62. The molecule has 7 nitrogen and oxygen atoms in total. The number of allylic oxidation sites excluding steroid dienone is 1. The largest absolute Gasteiger partial charge is 0.448 e. The van der Waals surface area contributed by atoms with Crippen LogP contribution in [0.5, 0.6) is 0 Å². The molecule has 2 unspecified atom stereocenters. The Morgan fingerprint density at radius 2 is 1.69 bits per heavy atom. The number of ether oxygens (including phenoxy) is 3. The average Bonchev–Trinajstić information content (AvgIpc) is 2.52. The maximum atomic E-state index is 12.1. The highest BCUT2D eigenvalue weighted by Crippen LogP contribution is 2.21. The molecule has 0 rings (SSSR count). The maximum absolute atomic E-state index is 12.1. The fourth-order valence-corrected chi connectivity index (χ4v) is 2.43. The van der Waals surface area contributed by atoms with Crippen molar-refractivity contribution in [3.8, 4) is 0 Å². The summed E-state index contributed by atoms with van der Waals surface area (Å²) in [4.78, 5) is 47.3. The van der Waals surface area contributed by atoms with Crippen molar-refractivity contribution in [1.29, 1.82) is 0 Å². The van der Waals surface area contributed by atoms with Crippen LogP contribution < -0.4 is 0 Å². The summed E-state index contributed by atoms with van der Waals surface area (Å²) in [6.07, 6.45) is 3.27. The number of esters is 3. The minimum Gasteiger partial charge on any atom is -0.448 e. The van der Waals surface area contributed by atoms with Crippen LogP contribution in [-0.2, 0) is 33.4 Å². The molecule has 0 aromatic rings. The van der Waals surface area contributed by atoms with Crippen LogP contribution >= 0.6 is 11.8 Å². The van der Waals surface area contributed by atoms with Crippen molar-refractivity contribution in [1.82, 2.24) is 0 Å². The van der Waals surface area contributed by atoms with Gasteiger partial charge in [0.15, 0.2) is 11.9 Å². The lowest BCUT2D eigenvalue weighted by molar-refractivity contribution is -0.220. The Kier molecular flexibility index (Phi) is 9.62. The van der Waals surface area contributed by atoms with Gasteiger partial charge in [0.2, 0.25) is 0 Å². The van der Waals surface area contributed by atoms with E-state index in [4.69, 9.17) is 14.2 Å². The van der Waals surface area contributed by atoms with E-state index < -0.39 is 35.7 Å². The Morgan fingerprint density at radius 3 is 2.15 bits per heavy atom. The highest BCUT2D eigenvalue weighted by atomic mass is 32.2. The maximum Gasteiger partial charge on any atom is 0.334 e. The van der Waals surface area contributed by atoms with Crippen molar-refractivity contribution in [2.75, 3.05) is 12.0 Å². The Bertz CT molecular complexity index is 568. The van der Waals surface area contributed by atoms with Gasteiger partial charge in [-0.3, -0.25) is 14.4 Å². The molecule has 0 heterocycles. The Morgan fingerprint density at radius 1 is 1.12 bits per heavy atom. The molecule has 0 aromatic heterocycles. The molecular formula is C18H28O7S. The van der Waals surface area contributed by atoms with E-state index >= 15 is 0 Å². The predicted octanol–water partition coefficient (Wildman–Crippen LogP) is 2.67. The van der Waals surface area contributed by atoms with E-state index in [2.05, 4.69) is 0 Å². The Hall–Kier alpha value is -1.83. The van der Waals surface area contributed by atoms with Gasteiger partial charge in [-0.1, -0.05) is 13.0 Å². The molecule has 2 atom stereocenters. The average molecular weight is 388 g/mol. The van der Waals surface area contributed by atoms with Crippen LogP contribution in [0.2, 0.25) is 0 Å². The van der Waals surface area contributed by atoms with Crippen molar-refractivity contribution in [2.45, 2.75) is 59.4 Å². The third-order valence-corrected chi connectivity index (χ3v) is 4.18. The molecule has 26 heavy (non-hydrogen) atoms. The fraction of sp³-hybridized carbons (Fsp3) is 0.667. The van der Waals surface area contributed by atoms with Gasteiger partial charge in [-0.15, -0.1) is 0 Å². The number of carbonyl (C=O) groups excluding carboxylic acids is 4. The van der Waals surface area contributed by atoms with E-state index in [9.17, 15) is 19.2 Å². The van der Waals surface area contributed by atoms with Gasteiger partial charge in [-0.2, -0.15) is 11.8 Å². The van der Waals surface area contributed by atoms with Crippen LogP contribution in [-0.4, -0.2) is 47.6 Å². The van der Waals surface area contributed by atoms with E-state index in [-0.39, 0.29) is 5.92 Å². The summed E-state index contributed by atoms with van der Waals surface area (Å²) in [7, 11) is 0. The minimum atomic E-state index is -1.68. The van der Waals surface area contributed by atoms with Crippen LogP contribution in [0.1, 0.15) is 48.0 Å². The highest BCUT2D eigenvalue weighted by molar-refractivity contribution is 7.98. The number of hydrogen-bond acceptors (Lipinski definition) is 8. The monoisotopic (exact) mass is 388 g/mol. The van der Waals surface area contributed by atoms with E-state index in [0.717, 1.165) is 0 Å². The van der Waals surface area contributed by atoms with E-state index in [1.165, 1.54) is 45.5 Å². The van der Waals surface area contributed by atoms with Gasteiger partial charge in [0, 0.05) is 25.2 Å². The zero-order valence-electron chi connectivity index (χ0n) is 16.4. The molecule has 0 N–H and O–H groups in total. The molecular weight excluding hydrogens is 360 g/mol. The molecule has 0 aliphatic heterocycles. The number of rotatable bonds is 10. The van der Waals surface area contributed by atoms with Crippen LogP contribution in [0.15, 0.2) is 11.6 Å². The van der Waals surface area contributed by atoms with Gasteiger partial charge in [0.05, 0.1) is 12.3 Å². The molecule has 148 valence electrons. The van der Waals surface area contributed by atoms with Gasteiger partial charge in [-0.05, 0) is 27.0 Å². The molecule has 0 aromatic carbocycles. The van der Waals surface area contributed by atoms with E-state index in [1.807, 2.05) is 6.26 Å². The topological polar surface area (TPSA) is 96.0 Å². The lowest BCUT2D eigenvalue weighted by atomic mass is 10.0. The first-order valence-corrected chi connectivity index (χ1v) is 9.55. The van der Waals surface area contributed by atoms with Crippen LogP contribution in [0, 0.1) is 5.92 Å². The van der Waals surface area contributed by atoms with E-state index in [1.54, 1.807) is 13.8 Å². The quantitative estimate of drug-likeness (QED) is 0.244. The smallest absolute Gasteiger partial charge is 0.334 e. The number of aldehydes is 1. The molecule has 8 heteroatoms. The molecule has 0 spiro atoms. The standard InChI is InChI=1S/C18H28O7S/c1-8-12(2)15(21)25-18(6,11-19)9-14(20)23-17(4,5)24-16(22)13(3)10-26-7/h8,11,13H,9-10H2,1-7H3/b12-8+. The van der Waals surface area contributed by atoms with E-state index in [0.29, 0.717) is 17.6 Å². The van der Waals surface area contributed by atoms with Gasteiger partial charge < -0.3 is 14.2 Å². The zero-order valence-corrected chi connectivity index (χ0v) is 17.2. The van der Waals surface area contributed by atoms with Crippen LogP contribution in [0.25, 0.3) is 0 Å². The normalized spacial score (nSPS) is 15.4. The van der Waals surface area contributed by atoms with Gasteiger partial charge >= 0.3 is 17.9 Å². The lowest BCUT2D eigenvalue weighted by Crippen LogP contribution is -2.41. The van der Waals surface area contributed by atoms with Crippen molar-refractivity contribution in [2.24, 2.45) is 5.92 Å². The summed E-state index contributed by atoms with van der Waals surface area (Å²) >= 11 is 1.50. The van der Waals surface area contributed by atoms with Crippen LogP contribution in [0.4, 0.5) is 0 Å². The first-order chi connectivity index (χ1) is 11.9. The summed E-state index contributed by atoms with van der Waals surface area (Å²) in [5.74, 6) is -3.31. The molecule has 0 saturated carbocycles. The number of carbonyl (C=O) groups is 4. The Balaban J connectivity index is 4.89. The number of hydrogen-bond donors (Lipinski definition) is 0. The van der Waals surface area contributed by atoms with Gasteiger partial charge in [-0.25, -0.2) is 4.79 Å². The molecule has 0 saturated heterocycles. The summed E-state index contributed by atoms with van der Waals surface area (Å²) in [5.41, 5.74) is -1.37. The summed E-state index contributed by atoms with van der Waals surface area (Å²) in [5, 5.41) is 0. The molecule has 0 aliphatic rings. The number of thioether (sulfide) groups is 1. The van der Waals surface area contributed by atoms with Crippen molar-refractivity contribution < 1.29 is 33.4 Å². The molecule has 0 radical (unpaired) electrons. The summed E-state index contributed by atoms with van der Waals surface area (Å²) in [6, 6.07) is 0. The second kappa shape index (κ2) is 10.4. The lowest BCUT2D eigenvalue weighted by Gasteiger charge is -2.28. The highest BCUT2D eigenvalue weighted by Gasteiger charge is 2.36. The first kappa shape index (κ1) is 24.2. The van der Waals surface area contributed by atoms with Crippen molar-refractivity contribution in [3.63, 3.8) is 0 Å². The summed E-state index contributed by atoms with van der Waals surface area (Å²) in [6.45, 7) is 9.04. The zero-order chi connectivity index (χ0) is 20.5. The molecule has 0 aliphatic carbocycles. The molecule has 0 bridgehead atoms. The molecule has 0 fully saturated rings. The third kappa shape index (κ3) is 8.51. The Labute approximate surface area is 158 Å². The second-order valence-corrected chi connectivity index (χ2v) is 7.53. The third-order valence-electron chi connectivity index (χ3n) is 3.35. The first-order valence-electron chi connectivity index (χ1n) is 8.16. The predicted molar refractivity (Wildman–Crippen MR) is 98.4 cm³/mol. The van der Waals surface area contributed by atoms with Gasteiger partial charge in [0.25, 0.3) is 5.79 Å². The summed E-state index contributed by atoms with van der Waals surface area (Å²) < 4.78 is 15.4. The minimum absolute atomic E-state index is 0.309. The van der Waals surface area contributed by atoms with Crippen molar-refractivity contribution >= 4 is 36.0 Å².